The smallest absolute Gasteiger partial charge is 0.308 e. The Morgan fingerprint density at radius 2 is 1.85 bits per heavy atom. The highest BCUT2D eigenvalue weighted by Gasteiger charge is 2.47. The molecule has 2 bridgehead atoms. The van der Waals surface area contributed by atoms with E-state index in [4.69, 9.17) is 23.2 Å². The van der Waals surface area contributed by atoms with Gasteiger partial charge in [-0.05, 0) is 49.1 Å². The van der Waals surface area contributed by atoms with Gasteiger partial charge in [0.15, 0.2) is 0 Å². The summed E-state index contributed by atoms with van der Waals surface area (Å²) in [6.07, 6.45) is 4.15. The van der Waals surface area contributed by atoms with Crippen LogP contribution in [0.3, 0.4) is 0 Å². The van der Waals surface area contributed by atoms with Gasteiger partial charge in [-0.1, -0.05) is 11.6 Å². The van der Waals surface area contributed by atoms with Crippen LogP contribution in [0.4, 0.5) is 5.82 Å². The molecule has 2 N–H and O–H groups in total. The number of halogens is 2. The van der Waals surface area contributed by atoms with Crippen molar-refractivity contribution in [3.8, 4) is 0 Å². The van der Waals surface area contributed by atoms with Gasteiger partial charge in [0.1, 0.15) is 11.0 Å². The van der Waals surface area contributed by atoms with Crippen LogP contribution < -0.4 is 5.32 Å². The number of carboxylic acid groups (broad SMARTS) is 1. The van der Waals surface area contributed by atoms with Gasteiger partial charge in [-0.2, -0.15) is 0 Å². The van der Waals surface area contributed by atoms with E-state index >= 15 is 0 Å². The first-order valence-corrected chi connectivity index (χ1v) is 7.49. The van der Waals surface area contributed by atoms with Crippen molar-refractivity contribution in [1.82, 2.24) is 9.97 Å². The van der Waals surface area contributed by atoms with Crippen LogP contribution in [-0.2, 0) is 4.79 Å². The van der Waals surface area contributed by atoms with E-state index in [1.807, 2.05) is 0 Å². The fourth-order valence-corrected chi connectivity index (χ4v) is 4.06. The Hall–Kier alpha value is -1.07. The second-order valence-electron chi connectivity index (χ2n) is 5.55. The van der Waals surface area contributed by atoms with E-state index in [1.54, 1.807) is 6.07 Å². The standard InChI is InChI=1S/C13H15Cl2N3O2/c14-8-5-9(18-13(15)16-8)17-11-7-3-1-6(2-4-7)10(11)12(19)20/h5-7,10-11H,1-4H2,(H,19,20)(H,16,17,18). The molecule has 3 aliphatic rings. The number of carboxylic acids is 1. The van der Waals surface area contributed by atoms with Crippen LogP contribution in [0.5, 0.6) is 0 Å². The van der Waals surface area contributed by atoms with Crippen LogP contribution in [0.1, 0.15) is 25.7 Å². The average Bonchev–Trinajstić information content (AvgIpc) is 2.38. The molecular weight excluding hydrogens is 301 g/mol. The molecule has 1 heterocycles. The van der Waals surface area contributed by atoms with Crippen molar-refractivity contribution in [2.75, 3.05) is 5.32 Å². The van der Waals surface area contributed by atoms with Gasteiger partial charge in [0.05, 0.1) is 5.92 Å². The zero-order valence-electron chi connectivity index (χ0n) is 10.7. The molecule has 7 heteroatoms. The molecule has 3 fully saturated rings. The Labute approximate surface area is 126 Å². The van der Waals surface area contributed by atoms with Gasteiger partial charge in [0.25, 0.3) is 0 Å². The molecule has 1 aromatic rings. The fourth-order valence-electron chi connectivity index (χ4n) is 3.65. The van der Waals surface area contributed by atoms with Gasteiger partial charge in [-0.3, -0.25) is 4.79 Å². The third kappa shape index (κ3) is 2.56. The normalized spacial score (nSPS) is 32.1. The number of aliphatic carboxylic acids is 1. The lowest BCUT2D eigenvalue weighted by molar-refractivity contribution is -0.148. The Kier molecular flexibility index (Phi) is 3.73. The monoisotopic (exact) mass is 315 g/mol. The number of hydrogen-bond acceptors (Lipinski definition) is 4. The topological polar surface area (TPSA) is 75.1 Å². The number of carbonyl (C=O) groups is 1. The molecule has 0 aromatic carbocycles. The molecule has 2 atom stereocenters. The van der Waals surface area contributed by atoms with Gasteiger partial charge in [-0.15, -0.1) is 0 Å². The maximum Gasteiger partial charge on any atom is 0.308 e. The Morgan fingerprint density at radius 1 is 1.20 bits per heavy atom. The quantitative estimate of drug-likeness (QED) is 0.662. The van der Waals surface area contributed by atoms with Crippen LogP contribution in [0.25, 0.3) is 0 Å². The molecule has 108 valence electrons. The molecule has 20 heavy (non-hydrogen) atoms. The number of hydrogen-bond donors (Lipinski definition) is 2. The predicted molar refractivity (Wildman–Crippen MR) is 76.0 cm³/mol. The number of rotatable bonds is 3. The number of aromatic nitrogens is 2. The molecule has 2 unspecified atom stereocenters. The SMILES string of the molecule is O=C(O)C1C2CCC(CC2)C1Nc1cc(Cl)nc(Cl)n1. The highest BCUT2D eigenvalue weighted by atomic mass is 35.5. The van der Waals surface area contributed by atoms with Gasteiger partial charge >= 0.3 is 5.97 Å². The Bertz CT molecular complexity index is 512. The maximum absolute atomic E-state index is 11.6. The molecule has 3 aliphatic carbocycles. The minimum Gasteiger partial charge on any atom is -0.481 e. The van der Waals surface area contributed by atoms with Crippen molar-refractivity contribution in [3.05, 3.63) is 16.5 Å². The van der Waals surface area contributed by atoms with Crippen molar-refractivity contribution in [2.24, 2.45) is 17.8 Å². The zero-order chi connectivity index (χ0) is 14.3. The highest BCUT2D eigenvalue weighted by Crippen LogP contribution is 2.46. The van der Waals surface area contributed by atoms with Crippen molar-refractivity contribution >= 4 is 35.0 Å². The first-order valence-electron chi connectivity index (χ1n) is 6.74. The third-order valence-corrected chi connectivity index (χ3v) is 4.85. The van der Waals surface area contributed by atoms with Crippen molar-refractivity contribution in [2.45, 2.75) is 31.7 Å². The zero-order valence-corrected chi connectivity index (χ0v) is 12.2. The molecule has 0 aliphatic heterocycles. The van der Waals surface area contributed by atoms with Crippen molar-refractivity contribution in [3.63, 3.8) is 0 Å². The van der Waals surface area contributed by atoms with Gasteiger partial charge in [-0.25, -0.2) is 9.97 Å². The average molecular weight is 316 g/mol. The molecular formula is C13H15Cl2N3O2. The molecule has 3 saturated carbocycles. The summed E-state index contributed by atoms with van der Waals surface area (Å²) in [6, 6.07) is 1.47. The largest absolute Gasteiger partial charge is 0.481 e. The lowest BCUT2D eigenvalue weighted by Gasteiger charge is -2.47. The first-order chi connectivity index (χ1) is 9.54. The summed E-state index contributed by atoms with van der Waals surface area (Å²) in [5.74, 6) is 0.0216. The maximum atomic E-state index is 11.6. The van der Waals surface area contributed by atoms with Crippen molar-refractivity contribution in [1.29, 1.82) is 0 Å². The van der Waals surface area contributed by atoms with E-state index < -0.39 is 5.97 Å². The molecule has 4 rings (SSSR count). The second-order valence-corrected chi connectivity index (χ2v) is 6.28. The number of anilines is 1. The van der Waals surface area contributed by atoms with Crippen LogP contribution in [0, 0.1) is 17.8 Å². The van der Waals surface area contributed by atoms with Crippen molar-refractivity contribution < 1.29 is 9.90 Å². The molecule has 0 spiro atoms. The van der Waals surface area contributed by atoms with Crippen LogP contribution in [0.2, 0.25) is 10.4 Å². The van der Waals surface area contributed by atoms with Gasteiger partial charge in [0, 0.05) is 12.1 Å². The van der Waals surface area contributed by atoms with E-state index in [9.17, 15) is 9.90 Å². The molecule has 0 saturated heterocycles. The molecule has 0 radical (unpaired) electrons. The van der Waals surface area contributed by atoms with Gasteiger partial charge in [0.2, 0.25) is 5.28 Å². The van der Waals surface area contributed by atoms with E-state index in [2.05, 4.69) is 15.3 Å². The minimum atomic E-state index is -0.733. The summed E-state index contributed by atoms with van der Waals surface area (Å²) in [6.45, 7) is 0. The number of fused-ring (bicyclic) bond motifs is 3. The summed E-state index contributed by atoms with van der Waals surface area (Å²) < 4.78 is 0. The summed E-state index contributed by atoms with van der Waals surface area (Å²) in [4.78, 5) is 19.4. The molecule has 5 nitrogen and oxygen atoms in total. The summed E-state index contributed by atoms with van der Waals surface area (Å²) in [5, 5.41) is 13.0. The Balaban J connectivity index is 1.85. The molecule has 0 amide bonds. The first kappa shape index (κ1) is 13.9. The number of nitrogens with zero attached hydrogens (tertiary/aromatic N) is 2. The second kappa shape index (κ2) is 5.37. The van der Waals surface area contributed by atoms with E-state index in [0.29, 0.717) is 11.7 Å². The number of nitrogens with one attached hydrogen (secondary N) is 1. The summed E-state index contributed by atoms with van der Waals surface area (Å²) >= 11 is 11.6. The van der Waals surface area contributed by atoms with Crippen LogP contribution >= 0.6 is 23.2 Å². The van der Waals surface area contributed by atoms with Gasteiger partial charge < -0.3 is 10.4 Å². The van der Waals surface area contributed by atoms with Crippen LogP contribution in [0.15, 0.2) is 6.07 Å². The highest BCUT2D eigenvalue weighted by molar-refractivity contribution is 6.32. The molecule has 1 aromatic heterocycles. The lowest BCUT2D eigenvalue weighted by Crippen LogP contribution is -2.51. The summed E-state index contributed by atoms with van der Waals surface area (Å²) in [5.41, 5.74) is 0. The van der Waals surface area contributed by atoms with Crippen LogP contribution in [-0.4, -0.2) is 27.1 Å². The third-order valence-electron chi connectivity index (χ3n) is 4.49. The fraction of sp³-hybridized carbons (Fsp3) is 0.615. The minimum absolute atomic E-state index is 0.0628. The van der Waals surface area contributed by atoms with E-state index in [1.165, 1.54) is 0 Å². The van der Waals surface area contributed by atoms with E-state index in [-0.39, 0.29) is 28.3 Å². The Morgan fingerprint density at radius 3 is 2.45 bits per heavy atom. The summed E-state index contributed by atoms with van der Waals surface area (Å²) in [7, 11) is 0. The lowest BCUT2D eigenvalue weighted by atomic mass is 9.61. The predicted octanol–water partition coefficient (Wildman–Crippen LogP) is 3.08. The van der Waals surface area contributed by atoms with E-state index in [0.717, 1.165) is 25.7 Å².